The molecule has 1 aromatic rings. The second kappa shape index (κ2) is 2.00. The van der Waals surface area contributed by atoms with Crippen molar-refractivity contribution in [3.8, 4) is 0 Å². The lowest BCUT2D eigenvalue weighted by Gasteiger charge is -2.03. The molecule has 0 N–H and O–H groups in total. The van der Waals surface area contributed by atoms with Crippen LogP contribution in [0.25, 0.3) is 0 Å². The highest BCUT2D eigenvalue weighted by molar-refractivity contribution is 5.10. The first-order valence-corrected chi connectivity index (χ1v) is 2.69. The first-order valence-electron chi connectivity index (χ1n) is 2.69. The number of rotatable bonds is 1. The van der Waals surface area contributed by atoms with Gasteiger partial charge in [0, 0.05) is 6.92 Å². The zero-order chi connectivity index (χ0) is 7.78. The van der Waals surface area contributed by atoms with Crippen molar-refractivity contribution >= 4 is 0 Å². The van der Waals surface area contributed by atoms with Crippen LogP contribution in [0.1, 0.15) is 18.3 Å². The smallest absolute Gasteiger partial charge is 0.244 e. The van der Waals surface area contributed by atoms with Crippen molar-refractivity contribution in [3.05, 3.63) is 11.4 Å². The molecular weight excluding hydrogens is 142 g/mol. The number of hydrogen-bond donors (Lipinski definition) is 0. The molecule has 0 unspecified atom stereocenters. The van der Waals surface area contributed by atoms with Gasteiger partial charge in [0.05, 0.1) is 0 Å². The quantitative estimate of drug-likeness (QED) is 0.605. The molecule has 0 spiro atoms. The summed E-state index contributed by atoms with van der Waals surface area (Å²) in [5.74, 6) is -2.95. The summed E-state index contributed by atoms with van der Waals surface area (Å²) in [4.78, 5) is 0. The van der Waals surface area contributed by atoms with Gasteiger partial charge in [-0.05, 0) is 12.1 Å². The van der Waals surface area contributed by atoms with Gasteiger partial charge in [0.2, 0.25) is 0 Å². The van der Waals surface area contributed by atoms with Crippen LogP contribution in [-0.2, 0) is 5.92 Å². The minimum absolute atomic E-state index is 0.132. The van der Waals surface area contributed by atoms with Crippen molar-refractivity contribution in [1.82, 2.24) is 10.3 Å². The van der Waals surface area contributed by atoms with Crippen molar-refractivity contribution in [3.63, 3.8) is 0 Å². The topological polar surface area (TPSA) is 38.9 Å². The van der Waals surface area contributed by atoms with Gasteiger partial charge in [-0.2, -0.15) is 8.78 Å². The molecule has 3 nitrogen and oxygen atoms in total. The zero-order valence-electron chi connectivity index (χ0n) is 5.56. The summed E-state index contributed by atoms with van der Waals surface area (Å²) in [5, 5.41) is 6.27. The van der Waals surface area contributed by atoms with Crippen molar-refractivity contribution in [1.29, 1.82) is 0 Å². The van der Waals surface area contributed by atoms with Gasteiger partial charge in [-0.15, -0.1) is 0 Å². The Balaban J connectivity index is 3.05. The predicted octanol–water partition coefficient (Wildman–Crippen LogP) is 1.49. The summed E-state index contributed by atoms with van der Waals surface area (Å²) in [6.07, 6.45) is 0. The van der Waals surface area contributed by atoms with Gasteiger partial charge in [0.15, 0.2) is 5.69 Å². The number of aromatic nitrogens is 2. The van der Waals surface area contributed by atoms with Gasteiger partial charge in [-0.25, -0.2) is 4.63 Å². The van der Waals surface area contributed by atoms with Crippen LogP contribution in [-0.4, -0.2) is 10.3 Å². The van der Waals surface area contributed by atoms with Crippen LogP contribution in [0.3, 0.4) is 0 Å². The van der Waals surface area contributed by atoms with Gasteiger partial charge in [0.25, 0.3) is 5.92 Å². The minimum atomic E-state index is -2.95. The summed E-state index contributed by atoms with van der Waals surface area (Å²) in [6.45, 7) is 2.17. The Morgan fingerprint density at radius 1 is 1.40 bits per heavy atom. The molecule has 1 rings (SSSR count). The fraction of sp³-hybridized carbons (Fsp3) is 0.600. The molecule has 0 saturated carbocycles. The number of halogens is 2. The molecule has 56 valence electrons. The molecule has 10 heavy (non-hydrogen) atoms. The second-order valence-corrected chi connectivity index (χ2v) is 2.09. The summed E-state index contributed by atoms with van der Waals surface area (Å²) >= 11 is 0. The van der Waals surface area contributed by atoms with Crippen LogP contribution in [0.2, 0.25) is 0 Å². The molecular formula is C5H6F2N2O. The first-order chi connectivity index (χ1) is 4.52. The normalized spacial score (nSPS) is 12.0. The second-order valence-electron chi connectivity index (χ2n) is 2.09. The van der Waals surface area contributed by atoms with Crippen LogP contribution < -0.4 is 0 Å². The number of nitrogens with zero attached hydrogens (tertiary/aromatic N) is 2. The monoisotopic (exact) mass is 148 g/mol. The molecule has 0 bridgehead atoms. The SMILES string of the molecule is Cc1nonc1C(C)(F)F. The Kier molecular flexibility index (Phi) is 1.42. The highest BCUT2D eigenvalue weighted by Crippen LogP contribution is 2.26. The molecule has 0 atom stereocenters. The molecule has 1 aromatic heterocycles. The lowest BCUT2D eigenvalue weighted by molar-refractivity contribution is 0.00893. The lowest BCUT2D eigenvalue weighted by atomic mass is 10.2. The van der Waals surface area contributed by atoms with Crippen LogP contribution >= 0.6 is 0 Å². The van der Waals surface area contributed by atoms with Crippen LogP contribution in [0.15, 0.2) is 4.63 Å². The zero-order valence-corrected chi connectivity index (χ0v) is 5.56. The van der Waals surface area contributed by atoms with E-state index in [0.717, 1.165) is 6.92 Å². The molecule has 1 heterocycles. The fourth-order valence-electron chi connectivity index (χ4n) is 0.630. The molecule has 0 saturated heterocycles. The van der Waals surface area contributed by atoms with Crippen molar-refractivity contribution in [2.24, 2.45) is 0 Å². The Bertz CT molecular complexity index is 228. The van der Waals surface area contributed by atoms with E-state index < -0.39 is 11.6 Å². The van der Waals surface area contributed by atoms with E-state index in [1.807, 2.05) is 0 Å². The largest absolute Gasteiger partial charge is 0.292 e. The Labute approximate surface area is 56.0 Å². The fourth-order valence-corrected chi connectivity index (χ4v) is 0.630. The maximum atomic E-state index is 12.4. The summed E-state index contributed by atoms with van der Waals surface area (Å²) in [5.41, 5.74) is -0.264. The maximum Gasteiger partial charge on any atom is 0.292 e. The summed E-state index contributed by atoms with van der Waals surface area (Å²) < 4.78 is 28.9. The molecule has 0 aromatic carbocycles. The highest BCUT2D eigenvalue weighted by atomic mass is 19.3. The van der Waals surface area contributed by atoms with Crippen LogP contribution in [0, 0.1) is 6.92 Å². The Morgan fingerprint density at radius 2 is 2.00 bits per heavy atom. The average molecular weight is 148 g/mol. The molecule has 0 aliphatic heterocycles. The lowest BCUT2D eigenvalue weighted by Crippen LogP contribution is -2.09. The minimum Gasteiger partial charge on any atom is -0.244 e. The van der Waals surface area contributed by atoms with Gasteiger partial charge in [0.1, 0.15) is 5.69 Å². The summed E-state index contributed by atoms with van der Waals surface area (Å²) in [7, 11) is 0. The van der Waals surface area contributed by atoms with Gasteiger partial charge < -0.3 is 0 Å². The standard InChI is InChI=1S/C5H6F2N2O/c1-3-4(5(2,6)7)9-10-8-3/h1-2H3. The molecule has 5 heteroatoms. The van der Waals surface area contributed by atoms with E-state index in [2.05, 4.69) is 14.9 Å². The van der Waals surface area contributed by atoms with E-state index in [-0.39, 0.29) is 5.69 Å². The van der Waals surface area contributed by atoms with Gasteiger partial charge in [-0.1, -0.05) is 5.16 Å². The number of alkyl halides is 2. The Morgan fingerprint density at radius 3 is 2.20 bits per heavy atom. The highest BCUT2D eigenvalue weighted by Gasteiger charge is 2.31. The molecule has 0 amide bonds. The molecule has 0 fully saturated rings. The number of aryl methyl sites for hydroxylation is 1. The van der Waals surface area contributed by atoms with Crippen molar-refractivity contribution in [2.45, 2.75) is 19.8 Å². The Hall–Kier alpha value is -1.00. The summed E-state index contributed by atoms with van der Waals surface area (Å²) in [6, 6.07) is 0. The van der Waals surface area contributed by atoms with Crippen molar-refractivity contribution in [2.75, 3.05) is 0 Å². The van der Waals surface area contributed by atoms with Gasteiger partial charge in [-0.3, -0.25) is 0 Å². The third-order valence-electron chi connectivity index (χ3n) is 1.07. The molecule has 0 aliphatic rings. The molecule has 0 radical (unpaired) electrons. The molecule has 0 aliphatic carbocycles. The van der Waals surface area contributed by atoms with E-state index >= 15 is 0 Å². The first kappa shape index (κ1) is 7.11. The van der Waals surface area contributed by atoms with E-state index in [4.69, 9.17) is 0 Å². The third-order valence-corrected chi connectivity index (χ3v) is 1.07. The van der Waals surface area contributed by atoms with Crippen LogP contribution in [0.5, 0.6) is 0 Å². The van der Waals surface area contributed by atoms with Gasteiger partial charge >= 0.3 is 0 Å². The van der Waals surface area contributed by atoms with E-state index in [9.17, 15) is 8.78 Å². The maximum absolute atomic E-state index is 12.4. The van der Waals surface area contributed by atoms with E-state index in [1.165, 1.54) is 6.92 Å². The van der Waals surface area contributed by atoms with Crippen molar-refractivity contribution < 1.29 is 13.4 Å². The van der Waals surface area contributed by atoms with E-state index in [1.54, 1.807) is 0 Å². The predicted molar refractivity (Wildman–Crippen MR) is 28.6 cm³/mol. The van der Waals surface area contributed by atoms with Crippen LogP contribution in [0.4, 0.5) is 8.78 Å². The average Bonchev–Trinajstić information content (AvgIpc) is 2.11. The number of hydrogen-bond acceptors (Lipinski definition) is 3. The van der Waals surface area contributed by atoms with E-state index in [0.29, 0.717) is 0 Å². The third kappa shape index (κ3) is 1.12.